The van der Waals surface area contributed by atoms with E-state index in [1.165, 1.54) is 25.7 Å². The Balaban J connectivity index is 0. The summed E-state index contributed by atoms with van der Waals surface area (Å²) in [5.41, 5.74) is 0. The second kappa shape index (κ2) is 18.9. The molecule has 4 nitrogen and oxygen atoms in total. The number of rotatable bonds is 17. The van der Waals surface area contributed by atoms with Crippen molar-refractivity contribution < 1.29 is 69.5 Å². The molecule has 0 spiro atoms. The van der Waals surface area contributed by atoms with Gasteiger partial charge in [-0.25, -0.2) is 8.42 Å². The van der Waals surface area contributed by atoms with Gasteiger partial charge in [0.1, 0.15) is 0 Å². The molecule has 0 aliphatic heterocycles. The van der Waals surface area contributed by atoms with Crippen LogP contribution in [0.25, 0.3) is 0 Å². The van der Waals surface area contributed by atoms with E-state index in [2.05, 4.69) is 6.92 Å². The van der Waals surface area contributed by atoms with Crippen LogP contribution in [0.4, 0.5) is 0 Å². The molecule has 0 fully saturated rings. The maximum Gasteiger partial charge on any atom is 1.00 e. The summed E-state index contributed by atoms with van der Waals surface area (Å²) < 4.78 is 33.7. The van der Waals surface area contributed by atoms with E-state index in [0.717, 1.165) is 57.8 Å². The minimum Gasteiger partial charge on any atom is -0.748 e. The van der Waals surface area contributed by atoms with Gasteiger partial charge in [0.15, 0.2) is 0 Å². The van der Waals surface area contributed by atoms with E-state index < -0.39 is 15.4 Å². The molecule has 25 heavy (non-hydrogen) atoms. The van der Waals surface area contributed by atoms with E-state index in [1.54, 1.807) is 0 Å². The predicted octanol–water partition coefficient (Wildman–Crippen LogP) is 2.16. The fraction of sp³-hybridized carbons (Fsp3) is 1.00. The summed E-state index contributed by atoms with van der Waals surface area (Å²) in [5.74, 6) is 0. The van der Waals surface area contributed by atoms with Crippen molar-refractivity contribution in [2.24, 2.45) is 0 Å². The van der Waals surface area contributed by atoms with Gasteiger partial charge in [0.2, 0.25) is 0 Å². The molecule has 0 rings (SSSR count). The fourth-order valence-electron chi connectivity index (χ4n) is 3.15. The van der Waals surface area contributed by atoms with Crippen LogP contribution in [0.5, 0.6) is 0 Å². The topological polar surface area (TPSA) is 77.4 Å². The maximum atomic E-state index is 11.2. The van der Waals surface area contributed by atoms with E-state index in [1.807, 2.05) is 6.92 Å². The van der Waals surface area contributed by atoms with Gasteiger partial charge in [-0.15, -0.1) is 0 Å². The molecule has 1 N–H and O–H groups in total. The molecule has 0 saturated heterocycles. The summed E-state index contributed by atoms with van der Waals surface area (Å²) in [6.45, 7) is 4.11. The summed E-state index contributed by atoms with van der Waals surface area (Å²) in [6, 6.07) is 0. The second-order valence-electron chi connectivity index (χ2n) is 7.11. The van der Waals surface area contributed by atoms with Crippen molar-refractivity contribution in [2.45, 2.75) is 122 Å². The first-order chi connectivity index (χ1) is 11.4. The molecule has 146 valence electrons. The van der Waals surface area contributed by atoms with Crippen molar-refractivity contribution in [1.29, 1.82) is 0 Å². The van der Waals surface area contributed by atoms with Gasteiger partial charge < -0.3 is 9.66 Å². The van der Waals surface area contributed by atoms with Crippen LogP contribution in [0.15, 0.2) is 0 Å². The summed E-state index contributed by atoms with van der Waals surface area (Å²) in [6.07, 6.45) is 14.5. The maximum absolute atomic E-state index is 11.2. The number of aliphatic hydroxyl groups excluding tert-OH is 1. The Morgan fingerprint density at radius 2 is 1.16 bits per heavy atom. The minimum absolute atomic E-state index is 0. The smallest absolute Gasteiger partial charge is 0.748 e. The first-order valence-corrected chi connectivity index (χ1v) is 11.5. The molecule has 0 radical (unpaired) electrons. The first kappa shape index (κ1) is 28.7. The van der Waals surface area contributed by atoms with Gasteiger partial charge in [-0.05, 0) is 25.7 Å². The van der Waals surface area contributed by atoms with Gasteiger partial charge in [0, 0.05) is 5.25 Å². The molecule has 6 heteroatoms. The molecule has 0 aromatic heterocycles. The monoisotopic (exact) mass is 402 g/mol. The average Bonchev–Trinajstić information content (AvgIpc) is 2.51. The number of aliphatic hydroxyl groups is 1. The van der Waals surface area contributed by atoms with Crippen molar-refractivity contribution in [3.8, 4) is 0 Å². The predicted molar refractivity (Wildman–Crippen MR) is 100 cm³/mol. The van der Waals surface area contributed by atoms with Gasteiger partial charge in [0.25, 0.3) is 0 Å². The molecule has 0 aromatic rings. The third-order valence-corrected chi connectivity index (χ3v) is 6.01. The summed E-state index contributed by atoms with van der Waals surface area (Å²) in [7, 11) is -4.13. The fourth-order valence-corrected chi connectivity index (χ4v) is 4.07. The Kier molecular flexibility index (Phi) is 21.7. The van der Waals surface area contributed by atoms with E-state index in [0.29, 0.717) is 12.8 Å². The van der Waals surface area contributed by atoms with Crippen molar-refractivity contribution >= 4 is 10.1 Å². The van der Waals surface area contributed by atoms with Crippen LogP contribution in [0.1, 0.15) is 110 Å². The zero-order valence-electron chi connectivity index (χ0n) is 16.8. The van der Waals surface area contributed by atoms with Crippen molar-refractivity contribution in [3.05, 3.63) is 0 Å². The number of hydrogen-bond acceptors (Lipinski definition) is 4. The SMILES string of the molecule is CCCCC(CCCCCCCCCCC(O)CCC)S(=O)(=O)[O-].[K+]. The van der Waals surface area contributed by atoms with Crippen LogP contribution >= 0.6 is 0 Å². The zero-order chi connectivity index (χ0) is 18.3. The van der Waals surface area contributed by atoms with Crippen LogP contribution in [-0.4, -0.2) is 29.4 Å². The molecule has 2 atom stereocenters. The largest absolute Gasteiger partial charge is 1.00 e. The molecule has 0 saturated carbocycles. The van der Waals surface area contributed by atoms with E-state index in [-0.39, 0.29) is 57.5 Å². The average molecular weight is 403 g/mol. The Labute approximate surface area is 199 Å². The van der Waals surface area contributed by atoms with E-state index >= 15 is 0 Å². The first-order valence-electron chi connectivity index (χ1n) is 10.0. The molecular formula is C19H39KO4S. The molecule has 0 amide bonds. The third kappa shape index (κ3) is 18.6. The Morgan fingerprint density at radius 3 is 1.60 bits per heavy atom. The Morgan fingerprint density at radius 1 is 0.720 bits per heavy atom. The molecule has 0 aromatic carbocycles. The van der Waals surface area contributed by atoms with Gasteiger partial charge in [-0.2, -0.15) is 0 Å². The Hall–Kier alpha value is 1.51. The molecule has 0 aliphatic rings. The molecular weight excluding hydrogens is 363 g/mol. The zero-order valence-corrected chi connectivity index (χ0v) is 20.8. The second-order valence-corrected chi connectivity index (χ2v) is 8.76. The normalized spacial score (nSPS) is 14.1. The summed E-state index contributed by atoms with van der Waals surface area (Å²) in [4.78, 5) is 0. The minimum atomic E-state index is -4.13. The van der Waals surface area contributed by atoms with Crippen LogP contribution in [-0.2, 0) is 10.1 Å². The summed E-state index contributed by atoms with van der Waals surface area (Å²) in [5, 5.41) is 8.97. The quantitative estimate of drug-likeness (QED) is 0.230. The summed E-state index contributed by atoms with van der Waals surface area (Å²) >= 11 is 0. The molecule has 0 heterocycles. The molecule has 0 bridgehead atoms. The number of hydrogen-bond donors (Lipinski definition) is 1. The van der Waals surface area contributed by atoms with Gasteiger partial charge in [-0.3, -0.25) is 0 Å². The van der Waals surface area contributed by atoms with Crippen LogP contribution in [0.2, 0.25) is 0 Å². The molecule has 0 aliphatic carbocycles. The van der Waals surface area contributed by atoms with Crippen LogP contribution < -0.4 is 51.4 Å². The van der Waals surface area contributed by atoms with Crippen molar-refractivity contribution in [3.63, 3.8) is 0 Å². The standard InChI is InChI=1S/C19H40O4S.K/c1-3-5-16-19(24(21,22)23)17-13-11-9-7-6-8-10-12-15-18(20)14-4-2;/h18-20H,3-17H2,1-2H3,(H,21,22,23);/q;+1/p-1. The van der Waals surface area contributed by atoms with Crippen LogP contribution in [0.3, 0.4) is 0 Å². The third-order valence-electron chi connectivity index (χ3n) is 4.72. The van der Waals surface area contributed by atoms with Gasteiger partial charge in [-0.1, -0.05) is 84.5 Å². The van der Waals surface area contributed by atoms with Gasteiger partial charge in [0.05, 0.1) is 16.2 Å². The molecule has 2 unspecified atom stereocenters. The Bertz CT molecular complexity index is 374. The van der Waals surface area contributed by atoms with Gasteiger partial charge >= 0.3 is 51.4 Å². The van der Waals surface area contributed by atoms with Crippen molar-refractivity contribution in [1.82, 2.24) is 0 Å². The van der Waals surface area contributed by atoms with E-state index in [9.17, 15) is 18.1 Å². The number of unbranched alkanes of at least 4 members (excludes halogenated alkanes) is 8. The van der Waals surface area contributed by atoms with Crippen LogP contribution in [0, 0.1) is 0 Å². The van der Waals surface area contributed by atoms with Crippen molar-refractivity contribution in [2.75, 3.05) is 0 Å². The van der Waals surface area contributed by atoms with E-state index in [4.69, 9.17) is 0 Å².